The van der Waals surface area contributed by atoms with E-state index in [2.05, 4.69) is 4.72 Å². The fourth-order valence-corrected chi connectivity index (χ4v) is 5.55. The van der Waals surface area contributed by atoms with Crippen LogP contribution in [0.2, 0.25) is 0 Å². The number of rotatable bonds is 7. The average Bonchev–Trinajstić information content (AvgIpc) is 3.15. The predicted molar refractivity (Wildman–Crippen MR) is 117 cm³/mol. The molecular weight excluding hydrogens is 408 g/mol. The monoisotopic (exact) mass is 430 g/mol. The van der Waals surface area contributed by atoms with Gasteiger partial charge in [0.15, 0.2) is 0 Å². The first-order valence-corrected chi connectivity index (χ1v) is 11.3. The number of thiophene rings is 1. The third-order valence-corrected chi connectivity index (χ3v) is 6.75. The first kappa shape index (κ1) is 20.9. The molecule has 1 heterocycles. The van der Waals surface area contributed by atoms with Gasteiger partial charge in [-0.1, -0.05) is 30.3 Å². The minimum Gasteiger partial charge on any atom is -0.462 e. The normalized spacial score (nSPS) is 11.1. The quantitative estimate of drug-likeness (QED) is 0.560. The van der Waals surface area contributed by atoms with Gasteiger partial charge in [-0.2, -0.15) is 0 Å². The summed E-state index contributed by atoms with van der Waals surface area (Å²) in [5, 5.41) is 1.67. The summed E-state index contributed by atoms with van der Waals surface area (Å²) in [6, 6.07) is 16.1. The number of sulfonamides is 1. The maximum atomic E-state index is 13.3. The van der Waals surface area contributed by atoms with Crippen molar-refractivity contribution in [3.8, 4) is 11.1 Å². The van der Waals surface area contributed by atoms with Crippen molar-refractivity contribution >= 4 is 38.7 Å². The summed E-state index contributed by atoms with van der Waals surface area (Å²) in [7, 11) is -0.220. The van der Waals surface area contributed by atoms with E-state index in [1.165, 1.54) is 0 Å². The van der Waals surface area contributed by atoms with Crippen LogP contribution < -0.4 is 9.62 Å². The van der Waals surface area contributed by atoms with E-state index in [1.54, 1.807) is 24.4 Å². The number of carbonyl (C=O) groups excluding carboxylic acids is 1. The maximum Gasteiger partial charge on any atom is 0.349 e. The summed E-state index contributed by atoms with van der Waals surface area (Å²) in [6.45, 7) is 1.85. The number of benzene rings is 2. The highest BCUT2D eigenvalue weighted by atomic mass is 32.2. The fourth-order valence-electron chi connectivity index (χ4n) is 2.80. The highest BCUT2D eigenvalue weighted by Crippen LogP contribution is 2.36. The Morgan fingerprint density at radius 1 is 1.07 bits per heavy atom. The molecule has 0 fully saturated rings. The van der Waals surface area contributed by atoms with Gasteiger partial charge in [0.2, 0.25) is 0 Å². The van der Waals surface area contributed by atoms with Gasteiger partial charge in [-0.05, 0) is 36.8 Å². The van der Waals surface area contributed by atoms with Crippen LogP contribution in [0.15, 0.2) is 64.9 Å². The zero-order valence-corrected chi connectivity index (χ0v) is 18.0. The standard InChI is InChI=1S/C21H22N2O4S2/c1-4-27-21(24)19-20(18(14-28-19)15-8-6-5-7-9-15)29(25,26)22-16-10-12-17(13-11-16)23(2)3/h5-14,22H,4H2,1-3H3. The van der Waals surface area contributed by atoms with Crippen LogP contribution in [-0.4, -0.2) is 35.1 Å². The largest absolute Gasteiger partial charge is 0.462 e. The van der Waals surface area contributed by atoms with Gasteiger partial charge in [-0.3, -0.25) is 4.72 Å². The minimum absolute atomic E-state index is 0.0584. The molecule has 29 heavy (non-hydrogen) atoms. The first-order chi connectivity index (χ1) is 13.8. The molecule has 152 valence electrons. The third-order valence-electron chi connectivity index (χ3n) is 4.20. The van der Waals surface area contributed by atoms with E-state index in [4.69, 9.17) is 4.74 Å². The van der Waals surface area contributed by atoms with Crippen LogP contribution in [0.25, 0.3) is 11.1 Å². The Bertz CT molecular complexity index is 1090. The van der Waals surface area contributed by atoms with E-state index in [0.29, 0.717) is 16.8 Å². The van der Waals surface area contributed by atoms with Gasteiger partial charge in [0, 0.05) is 36.4 Å². The molecule has 3 rings (SSSR count). The SMILES string of the molecule is CCOC(=O)c1scc(-c2ccccc2)c1S(=O)(=O)Nc1ccc(N(C)C)cc1. The smallest absolute Gasteiger partial charge is 0.349 e. The van der Waals surface area contributed by atoms with Crippen LogP contribution in [-0.2, 0) is 14.8 Å². The minimum atomic E-state index is -4.03. The van der Waals surface area contributed by atoms with E-state index < -0.39 is 16.0 Å². The molecule has 0 aliphatic carbocycles. The molecular formula is C21H22N2O4S2. The predicted octanol–water partition coefficient (Wildman–Crippen LogP) is 4.46. The zero-order valence-electron chi connectivity index (χ0n) is 16.4. The second-order valence-corrected chi connectivity index (χ2v) is 8.94. The highest BCUT2D eigenvalue weighted by Gasteiger charge is 2.30. The van der Waals surface area contributed by atoms with Crippen LogP contribution >= 0.6 is 11.3 Å². The molecule has 0 aliphatic rings. The van der Waals surface area contributed by atoms with Gasteiger partial charge < -0.3 is 9.64 Å². The third kappa shape index (κ3) is 4.60. The van der Waals surface area contributed by atoms with Crippen LogP contribution in [0.3, 0.4) is 0 Å². The molecule has 0 saturated heterocycles. The van der Waals surface area contributed by atoms with Crippen LogP contribution in [0.1, 0.15) is 16.6 Å². The van der Waals surface area contributed by atoms with Crippen molar-refractivity contribution in [2.45, 2.75) is 11.8 Å². The average molecular weight is 431 g/mol. The Labute approximate surface area is 174 Å². The lowest BCUT2D eigenvalue weighted by Gasteiger charge is -2.14. The Morgan fingerprint density at radius 2 is 1.72 bits per heavy atom. The first-order valence-electron chi connectivity index (χ1n) is 8.97. The van der Waals surface area contributed by atoms with E-state index in [0.717, 1.165) is 17.0 Å². The van der Waals surface area contributed by atoms with Crippen molar-refractivity contribution in [1.82, 2.24) is 0 Å². The molecule has 0 radical (unpaired) electrons. The van der Waals surface area contributed by atoms with Crippen molar-refractivity contribution in [1.29, 1.82) is 0 Å². The number of nitrogens with one attached hydrogen (secondary N) is 1. The summed E-state index contributed by atoms with van der Waals surface area (Å²) in [5.41, 5.74) is 2.54. The van der Waals surface area contributed by atoms with E-state index in [-0.39, 0.29) is 16.4 Å². The van der Waals surface area contributed by atoms with Gasteiger partial charge in [0.05, 0.1) is 6.61 Å². The number of hydrogen-bond acceptors (Lipinski definition) is 6. The highest BCUT2D eigenvalue weighted by molar-refractivity contribution is 7.93. The Kier molecular flexibility index (Phi) is 6.24. The van der Waals surface area contributed by atoms with E-state index in [9.17, 15) is 13.2 Å². The zero-order chi connectivity index (χ0) is 21.0. The molecule has 3 aromatic rings. The summed E-state index contributed by atoms with van der Waals surface area (Å²) in [4.78, 5) is 14.3. The van der Waals surface area contributed by atoms with Crippen LogP contribution in [0.4, 0.5) is 11.4 Å². The topological polar surface area (TPSA) is 75.7 Å². The lowest BCUT2D eigenvalue weighted by Crippen LogP contribution is -2.17. The number of carbonyl (C=O) groups is 1. The molecule has 0 amide bonds. The molecule has 1 N–H and O–H groups in total. The van der Waals surface area contributed by atoms with Gasteiger partial charge in [-0.15, -0.1) is 11.3 Å². The number of ether oxygens (including phenoxy) is 1. The molecule has 2 aromatic carbocycles. The Hall–Kier alpha value is -2.84. The second-order valence-electron chi connectivity index (χ2n) is 6.44. The lowest BCUT2D eigenvalue weighted by atomic mass is 10.1. The molecule has 8 heteroatoms. The molecule has 0 unspecified atom stereocenters. The molecule has 0 atom stereocenters. The molecule has 6 nitrogen and oxygen atoms in total. The van der Waals surface area contributed by atoms with Crippen molar-refractivity contribution in [3.63, 3.8) is 0 Å². The van der Waals surface area contributed by atoms with Crippen molar-refractivity contribution in [3.05, 3.63) is 64.9 Å². The van der Waals surface area contributed by atoms with Gasteiger partial charge in [0.25, 0.3) is 10.0 Å². The Morgan fingerprint density at radius 3 is 2.31 bits per heavy atom. The molecule has 0 spiro atoms. The van der Waals surface area contributed by atoms with Gasteiger partial charge >= 0.3 is 5.97 Å². The van der Waals surface area contributed by atoms with E-state index in [1.807, 2.05) is 61.5 Å². The fraction of sp³-hybridized carbons (Fsp3) is 0.190. The molecule has 0 bridgehead atoms. The number of esters is 1. The van der Waals surface area contributed by atoms with Crippen LogP contribution in [0, 0.1) is 0 Å². The van der Waals surface area contributed by atoms with Crippen molar-refractivity contribution in [2.24, 2.45) is 0 Å². The van der Waals surface area contributed by atoms with E-state index >= 15 is 0 Å². The van der Waals surface area contributed by atoms with Crippen LogP contribution in [0.5, 0.6) is 0 Å². The molecule has 0 aliphatic heterocycles. The van der Waals surface area contributed by atoms with Gasteiger partial charge in [0.1, 0.15) is 9.77 Å². The summed E-state index contributed by atoms with van der Waals surface area (Å²) >= 11 is 1.06. The number of anilines is 2. The maximum absolute atomic E-state index is 13.3. The number of nitrogens with zero attached hydrogens (tertiary/aromatic N) is 1. The molecule has 0 saturated carbocycles. The second kappa shape index (κ2) is 8.67. The van der Waals surface area contributed by atoms with Gasteiger partial charge in [-0.25, -0.2) is 13.2 Å². The summed E-state index contributed by atoms with van der Waals surface area (Å²) < 4.78 is 34.2. The Balaban J connectivity index is 2.06. The van der Waals surface area contributed by atoms with Crippen molar-refractivity contribution in [2.75, 3.05) is 30.3 Å². The summed E-state index contributed by atoms with van der Waals surface area (Å²) in [6.07, 6.45) is 0. The summed E-state index contributed by atoms with van der Waals surface area (Å²) in [5.74, 6) is -0.650. The number of hydrogen-bond donors (Lipinski definition) is 1. The lowest BCUT2D eigenvalue weighted by molar-refractivity contribution is 0.0528. The van der Waals surface area contributed by atoms with Crippen molar-refractivity contribution < 1.29 is 17.9 Å². The molecule has 1 aromatic heterocycles.